The van der Waals surface area contributed by atoms with E-state index in [9.17, 15) is 9.50 Å². The van der Waals surface area contributed by atoms with E-state index in [1.165, 1.54) is 25.3 Å². The summed E-state index contributed by atoms with van der Waals surface area (Å²) >= 11 is 9.18. The van der Waals surface area contributed by atoms with Gasteiger partial charge in [-0.25, -0.2) is 4.39 Å². The molecule has 0 radical (unpaired) electrons. The van der Waals surface area contributed by atoms with Crippen molar-refractivity contribution >= 4 is 27.5 Å². The van der Waals surface area contributed by atoms with Crippen LogP contribution >= 0.6 is 27.5 Å². The van der Waals surface area contributed by atoms with E-state index in [-0.39, 0.29) is 11.7 Å². The Morgan fingerprint density at radius 3 is 2.72 bits per heavy atom. The first-order valence-electron chi connectivity index (χ1n) is 6.38. The lowest BCUT2D eigenvalue weighted by atomic mass is 9.82. The highest BCUT2D eigenvalue weighted by Gasteiger charge is 2.43. The third kappa shape index (κ3) is 2.10. The van der Waals surface area contributed by atoms with Crippen LogP contribution in [0.4, 0.5) is 4.39 Å². The summed E-state index contributed by atoms with van der Waals surface area (Å²) in [7, 11) is 0. The summed E-state index contributed by atoms with van der Waals surface area (Å²) in [6.45, 7) is 0. The first kappa shape index (κ1) is 12.9. The van der Waals surface area contributed by atoms with Crippen molar-refractivity contribution < 1.29 is 9.50 Å². The van der Waals surface area contributed by atoms with Crippen molar-refractivity contribution in [2.75, 3.05) is 0 Å². The monoisotopic (exact) mass is 332 g/mol. The zero-order chi connectivity index (χ0) is 12.9. The van der Waals surface area contributed by atoms with Gasteiger partial charge in [-0.15, -0.1) is 0 Å². The van der Waals surface area contributed by atoms with Gasteiger partial charge in [-0.1, -0.05) is 18.0 Å². The van der Waals surface area contributed by atoms with Crippen molar-refractivity contribution in [3.05, 3.63) is 33.0 Å². The number of aliphatic hydroxyl groups excluding tert-OH is 1. The fraction of sp³-hybridized carbons (Fsp3) is 0.571. The summed E-state index contributed by atoms with van der Waals surface area (Å²) in [5, 5.41) is 10.9. The third-order valence-electron chi connectivity index (χ3n) is 4.56. The van der Waals surface area contributed by atoms with Gasteiger partial charge in [0.2, 0.25) is 0 Å². The smallest absolute Gasteiger partial charge is 0.130 e. The maximum absolute atomic E-state index is 13.9. The molecule has 0 heterocycles. The minimum absolute atomic E-state index is 0.204. The molecule has 4 atom stereocenters. The number of hydrogen-bond acceptors (Lipinski definition) is 1. The number of aliphatic hydroxyl groups is 1. The van der Waals surface area contributed by atoms with Gasteiger partial charge in [-0.05, 0) is 65.1 Å². The van der Waals surface area contributed by atoms with Crippen LogP contribution in [0, 0.1) is 23.6 Å². The third-order valence-corrected chi connectivity index (χ3v) is 5.75. The molecule has 1 aromatic rings. The van der Waals surface area contributed by atoms with Gasteiger partial charge in [0.1, 0.15) is 5.82 Å². The number of rotatable bonds is 2. The van der Waals surface area contributed by atoms with E-state index in [4.69, 9.17) is 11.6 Å². The standard InChI is InChI=1S/C14H15BrClFO/c15-11-6-13(17)10(5-12(11)16)14(18)9-4-7-1-2-8(9)3-7/h5-9,14,18H,1-4H2. The summed E-state index contributed by atoms with van der Waals surface area (Å²) < 4.78 is 14.5. The Kier molecular flexibility index (Phi) is 3.41. The van der Waals surface area contributed by atoms with Gasteiger partial charge in [-0.3, -0.25) is 0 Å². The second kappa shape index (κ2) is 4.77. The van der Waals surface area contributed by atoms with E-state index in [1.807, 2.05) is 0 Å². The van der Waals surface area contributed by atoms with Crippen LogP contribution in [-0.4, -0.2) is 5.11 Å². The highest BCUT2D eigenvalue weighted by Crippen LogP contribution is 2.53. The maximum atomic E-state index is 13.9. The summed E-state index contributed by atoms with van der Waals surface area (Å²) in [6, 6.07) is 2.89. The number of fused-ring (bicyclic) bond motifs is 2. The summed E-state index contributed by atoms with van der Waals surface area (Å²) in [5.41, 5.74) is 0.348. The van der Waals surface area contributed by atoms with Gasteiger partial charge < -0.3 is 5.11 Å². The highest BCUT2D eigenvalue weighted by molar-refractivity contribution is 9.10. The lowest BCUT2D eigenvalue weighted by Crippen LogP contribution is -2.20. The fourth-order valence-corrected chi connectivity index (χ4v) is 4.16. The molecule has 0 amide bonds. The molecule has 2 bridgehead atoms. The van der Waals surface area contributed by atoms with Crippen LogP contribution in [0.1, 0.15) is 37.4 Å². The lowest BCUT2D eigenvalue weighted by molar-refractivity contribution is 0.0714. The average Bonchev–Trinajstić information content (AvgIpc) is 2.95. The van der Waals surface area contributed by atoms with Crippen LogP contribution in [0.15, 0.2) is 16.6 Å². The largest absolute Gasteiger partial charge is 0.388 e. The molecule has 2 saturated carbocycles. The van der Waals surface area contributed by atoms with Crippen molar-refractivity contribution in [3.63, 3.8) is 0 Å². The topological polar surface area (TPSA) is 20.2 Å². The molecule has 2 aliphatic carbocycles. The van der Waals surface area contributed by atoms with Crippen molar-refractivity contribution in [1.29, 1.82) is 0 Å². The van der Waals surface area contributed by atoms with E-state index in [1.54, 1.807) is 6.07 Å². The second-order valence-electron chi connectivity index (χ2n) is 5.57. The van der Waals surface area contributed by atoms with Gasteiger partial charge in [0.25, 0.3) is 0 Å². The number of benzene rings is 1. The molecule has 2 aliphatic rings. The summed E-state index contributed by atoms with van der Waals surface area (Å²) in [6.07, 6.45) is 3.97. The predicted molar refractivity (Wildman–Crippen MR) is 73.0 cm³/mol. The Balaban J connectivity index is 1.88. The molecule has 0 aromatic heterocycles. The maximum Gasteiger partial charge on any atom is 0.130 e. The number of hydrogen-bond donors (Lipinski definition) is 1. The zero-order valence-electron chi connectivity index (χ0n) is 9.87. The van der Waals surface area contributed by atoms with Crippen molar-refractivity contribution in [3.8, 4) is 0 Å². The zero-order valence-corrected chi connectivity index (χ0v) is 12.2. The SMILES string of the molecule is OC(c1cc(Cl)c(Br)cc1F)C1CC2CCC1C2. The molecule has 2 fully saturated rings. The molecule has 0 aliphatic heterocycles. The molecule has 3 rings (SSSR count). The molecular weight excluding hydrogens is 319 g/mol. The Morgan fingerprint density at radius 1 is 1.33 bits per heavy atom. The molecule has 1 nitrogen and oxygen atoms in total. The first-order valence-corrected chi connectivity index (χ1v) is 7.56. The Morgan fingerprint density at radius 2 is 2.11 bits per heavy atom. The molecule has 4 heteroatoms. The molecule has 18 heavy (non-hydrogen) atoms. The van der Waals surface area contributed by atoms with Crippen LogP contribution in [0.5, 0.6) is 0 Å². The Bertz CT molecular complexity index is 479. The van der Waals surface area contributed by atoms with Gasteiger partial charge in [0.05, 0.1) is 11.1 Å². The first-order chi connectivity index (χ1) is 8.56. The van der Waals surface area contributed by atoms with E-state index in [0.29, 0.717) is 21.0 Å². The van der Waals surface area contributed by atoms with Gasteiger partial charge in [-0.2, -0.15) is 0 Å². The van der Waals surface area contributed by atoms with Crippen LogP contribution in [0.2, 0.25) is 5.02 Å². The lowest BCUT2D eigenvalue weighted by Gasteiger charge is -2.27. The quantitative estimate of drug-likeness (QED) is 0.777. The van der Waals surface area contributed by atoms with Crippen LogP contribution in [0.25, 0.3) is 0 Å². The fourth-order valence-electron chi connectivity index (χ4n) is 3.68. The van der Waals surface area contributed by atoms with Crippen LogP contribution in [-0.2, 0) is 0 Å². The van der Waals surface area contributed by atoms with E-state index < -0.39 is 6.10 Å². The second-order valence-corrected chi connectivity index (χ2v) is 6.83. The minimum Gasteiger partial charge on any atom is -0.388 e. The molecule has 4 unspecified atom stereocenters. The van der Waals surface area contributed by atoms with E-state index >= 15 is 0 Å². The summed E-state index contributed by atoms with van der Waals surface area (Å²) in [4.78, 5) is 0. The Hall–Kier alpha value is -0.120. The summed E-state index contributed by atoms with van der Waals surface area (Å²) in [5.74, 6) is 1.13. The average molecular weight is 334 g/mol. The molecule has 1 N–H and O–H groups in total. The van der Waals surface area contributed by atoms with Crippen LogP contribution in [0.3, 0.4) is 0 Å². The van der Waals surface area contributed by atoms with Crippen molar-refractivity contribution in [2.24, 2.45) is 17.8 Å². The number of halogens is 3. The molecule has 98 valence electrons. The molecule has 0 saturated heterocycles. The van der Waals surface area contributed by atoms with Gasteiger partial charge >= 0.3 is 0 Å². The highest BCUT2D eigenvalue weighted by atomic mass is 79.9. The Labute approximate surface area is 119 Å². The van der Waals surface area contributed by atoms with E-state index in [2.05, 4.69) is 15.9 Å². The normalized spacial score (nSPS) is 31.9. The minimum atomic E-state index is -0.717. The van der Waals surface area contributed by atoms with E-state index in [0.717, 1.165) is 12.3 Å². The molecule has 0 spiro atoms. The van der Waals surface area contributed by atoms with Gasteiger partial charge in [0.15, 0.2) is 0 Å². The van der Waals surface area contributed by atoms with Crippen molar-refractivity contribution in [2.45, 2.75) is 31.8 Å². The predicted octanol–water partition coefficient (Wildman–Crippen LogP) is 4.71. The van der Waals surface area contributed by atoms with Gasteiger partial charge in [0, 0.05) is 10.0 Å². The molecular formula is C14H15BrClFO. The van der Waals surface area contributed by atoms with Crippen molar-refractivity contribution in [1.82, 2.24) is 0 Å². The molecule has 1 aromatic carbocycles. The van der Waals surface area contributed by atoms with Crippen LogP contribution < -0.4 is 0 Å².